The lowest BCUT2D eigenvalue weighted by atomic mass is 9.76. The third-order valence-electron chi connectivity index (χ3n) is 4.30. The Bertz CT molecular complexity index is 912. The van der Waals surface area contributed by atoms with Gasteiger partial charge in [0.15, 0.2) is 0 Å². The van der Waals surface area contributed by atoms with E-state index in [-0.39, 0.29) is 12.5 Å². The normalized spacial score (nSPS) is 15.1. The molecule has 0 amide bonds. The van der Waals surface area contributed by atoms with Crippen molar-refractivity contribution in [3.8, 4) is 11.5 Å². The van der Waals surface area contributed by atoms with Crippen molar-refractivity contribution in [3.05, 3.63) is 83.1 Å². The third-order valence-corrected chi connectivity index (χ3v) is 4.80. The van der Waals surface area contributed by atoms with E-state index in [0.29, 0.717) is 25.6 Å². The van der Waals surface area contributed by atoms with Gasteiger partial charge in [0.05, 0.1) is 5.69 Å². The number of ether oxygens (including phenoxy) is 1. The zero-order valence-electron chi connectivity index (χ0n) is 17.1. The number of hydrogen-bond acceptors (Lipinski definition) is 5. The van der Waals surface area contributed by atoms with Gasteiger partial charge in [-0.1, -0.05) is 54.0 Å². The molecule has 1 aromatic heterocycles. The highest BCUT2D eigenvalue weighted by atomic mass is 79.9. The van der Waals surface area contributed by atoms with Gasteiger partial charge in [0, 0.05) is 29.3 Å². The minimum absolute atomic E-state index is 0.0730. The van der Waals surface area contributed by atoms with Crippen LogP contribution in [-0.4, -0.2) is 30.4 Å². The molecule has 3 aromatic rings. The number of halogens is 1. The number of aromatic nitrogens is 1. The maximum absolute atomic E-state index is 8.78. The Labute approximate surface area is 186 Å². The summed E-state index contributed by atoms with van der Waals surface area (Å²) in [6.45, 7) is 6.10. The van der Waals surface area contributed by atoms with E-state index in [4.69, 9.17) is 19.2 Å². The van der Waals surface area contributed by atoms with Crippen LogP contribution in [0.25, 0.3) is 0 Å². The predicted octanol–water partition coefficient (Wildman–Crippen LogP) is 4.58. The van der Waals surface area contributed by atoms with E-state index in [1.54, 1.807) is 24.4 Å². The molecule has 1 N–H and O–H groups in total. The summed E-state index contributed by atoms with van der Waals surface area (Å²) < 4.78 is 18.3. The lowest BCUT2D eigenvalue weighted by molar-refractivity contribution is 0.0343. The Morgan fingerprint density at radius 3 is 2.43 bits per heavy atom. The molecule has 2 heterocycles. The number of rotatable bonds is 4. The van der Waals surface area contributed by atoms with Gasteiger partial charge in [-0.3, -0.25) is 4.98 Å². The van der Waals surface area contributed by atoms with E-state index in [1.807, 2.05) is 48.5 Å². The van der Waals surface area contributed by atoms with Crippen LogP contribution in [0.5, 0.6) is 11.5 Å². The second kappa shape index (κ2) is 10.6. The fourth-order valence-corrected chi connectivity index (χ4v) is 3.14. The van der Waals surface area contributed by atoms with Gasteiger partial charge < -0.3 is 19.2 Å². The summed E-state index contributed by atoms with van der Waals surface area (Å²) in [7, 11) is -0.313. The van der Waals surface area contributed by atoms with Gasteiger partial charge in [0.1, 0.15) is 18.1 Å². The number of phenolic OH excluding ortho intramolecular Hbond substituents is 1. The van der Waals surface area contributed by atoms with Crippen LogP contribution >= 0.6 is 15.9 Å². The maximum Gasteiger partial charge on any atom is 0.494 e. The van der Waals surface area contributed by atoms with Crippen LogP contribution in [0, 0.1) is 5.41 Å². The molecule has 4 rings (SSSR count). The van der Waals surface area contributed by atoms with Gasteiger partial charge in [0.2, 0.25) is 0 Å². The molecule has 0 saturated carbocycles. The zero-order valence-corrected chi connectivity index (χ0v) is 18.7. The first-order chi connectivity index (χ1) is 14.4. The minimum Gasteiger partial charge on any atom is -0.508 e. The van der Waals surface area contributed by atoms with Crippen LogP contribution in [0.1, 0.15) is 19.5 Å². The molecule has 0 bridgehead atoms. The van der Waals surface area contributed by atoms with E-state index in [9.17, 15) is 0 Å². The molecule has 0 radical (unpaired) electrons. The van der Waals surface area contributed by atoms with E-state index in [1.165, 1.54) is 0 Å². The molecule has 1 aliphatic rings. The van der Waals surface area contributed by atoms with Crippen molar-refractivity contribution in [2.45, 2.75) is 20.5 Å². The standard InChI is InChI=1S/C17H20BNO3.C6H5BrO/c1-17(2)12-21-18(22-13-17)14-6-5-8-16(10-14)20-11-15-7-3-4-9-19-15;7-5-2-1-3-6(8)4-5/h3-10H,11-13H2,1-2H3;1-4,8H. The summed E-state index contributed by atoms with van der Waals surface area (Å²) in [6.07, 6.45) is 1.76. The second-order valence-electron chi connectivity index (χ2n) is 7.78. The first-order valence-corrected chi connectivity index (χ1v) is 10.5. The van der Waals surface area contributed by atoms with Crippen LogP contribution in [0.3, 0.4) is 0 Å². The molecule has 0 atom stereocenters. The highest BCUT2D eigenvalue weighted by Crippen LogP contribution is 2.22. The average Bonchev–Trinajstić information content (AvgIpc) is 2.73. The summed E-state index contributed by atoms with van der Waals surface area (Å²) >= 11 is 3.20. The lowest BCUT2D eigenvalue weighted by Gasteiger charge is -2.33. The molecule has 1 aliphatic heterocycles. The minimum atomic E-state index is -0.313. The summed E-state index contributed by atoms with van der Waals surface area (Å²) in [5, 5.41) is 8.78. The molecule has 1 saturated heterocycles. The van der Waals surface area contributed by atoms with Gasteiger partial charge in [-0.2, -0.15) is 0 Å². The molecule has 1 fully saturated rings. The lowest BCUT2D eigenvalue weighted by Crippen LogP contribution is -2.47. The molecule has 30 heavy (non-hydrogen) atoms. The average molecular weight is 470 g/mol. The number of hydrogen-bond donors (Lipinski definition) is 1. The molecular formula is C23H25BBrNO4. The van der Waals surface area contributed by atoms with Crippen molar-refractivity contribution >= 4 is 28.5 Å². The summed E-state index contributed by atoms with van der Waals surface area (Å²) in [5.74, 6) is 1.08. The molecule has 0 spiro atoms. The van der Waals surface area contributed by atoms with Crippen LogP contribution in [0.2, 0.25) is 0 Å². The number of nitrogens with zero attached hydrogens (tertiary/aromatic N) is 1. The fraction of sp³-hybridized carbons (Fsp3) is 0.261. The Hall–Kier alpha value is -2.35. The molecule has 156 valence electrons. The summed E-state index contributed by atoms with van der Waals surface area (Å²) in [6, 6.07) is 20.5. The molecule has 2 aromatic carbocycles. The fourth-order valence-electron chi connectivity index (χ4n) is 2.75. The quantitative estimate of drug-likeness (QED) is 0.566. The van der Waals surface area contributed by atoms with Crippen LogP contribution in [0.15, 0.2) is 77.4 Å². The number of phenols is 1. The van der Waals surface area contributed by atoms with Gasteiger partial charge >= 0.3 is 7.12 Å². The Kier molecular flexibility index (Phi) is 7.91. The first kappa shape index (κ1) is 22.3. The van der Waals surface area contributed by atoms with E-state index in [0.717, 1.165) is 21.4 Å². The van der Waals surface area contributed by atoms with Gasteiger partial charge in [-0.15, -0.1) is 0 Å². The number of aromatic hydroxyl groups is 1. The second-order valence-corrected chi connectivity index (χ2v) is 8.70. The topological polar surface area (TPSA) is 60.8 Å². The van der Waals surface area contributed by atoms with Crippen molar-refractivity contribution in [1.82, 2.24) is 4.98 Å². The predicted molar refractivity (Wildman–Crippen MR) is 122 cm³/mol. The molecule has 0 unspecified atom stereocenters. The van der Waals surface area contributed by atoms with E-state index in [2.05, 4.69) is 34.8 Å². The first-order valence-electron chi connectivity index (χ1n) is 9.72. The maximum atomic E-state index is 8.78. The van der Waals surface area contributed by atoms with Crippen molar-refractivity contribution in [1.29, 1.82) is 0 Å². The number of pyridine rings is 1. The van der Waals surface area contributed by atoms with Crippen molar-refractivity contribution in [2.24, 2.45) is 5.41 Å². The number of benzene rings is 2. The van der Waals surface area contributed by atoms with E-state index >= 15 is 0 Å². The van der Waals surface area contributed by atoms with Gasteiger partial charge in [-0.05, 0) is 47.9 Å². The van der Waals surface area contributed by atoms with Crippen LogP contribution in [-0.2, 0) is 15.9 Å². The molecule has 0 aliphatic carbocycles. The SMILES string of the molecule is CC1(C)COB(c2cccc(OCc3ccccn3)c2)OC1.Oc1cccc(Br)c1. The Morgan fingerprint density at radius 2 is 1.80 bits per heavy atom. The van der Waals surface area contributed by atoms with E-state index < -0.39 is 0 Å². The smallest absolute Gasteiger partial charge is 0.494 e. The van der Waals surface area contributed by atoms with Gasteiger partial charge in [-0.25, -0.2) is 0 Å². The molecule has 7 heteroatoms. The molecule has 5 nitrogen and oxygen atoms in total. The van der Waals surface area contributed by atoms with Crippen LogP contribution < -0.4 is 10.2 Å². The van der Waals surface area contributed by atoms with Crippen molar-refractivity contribution < 1.29 is 19.2 Å². The third kappa shape index (κ3) is 7.16. The zero-order chi connectivity index (χ0) is 21.4. The van der Waals surface area contributed by atoms with Gasteiger partial charge in [0.25, 0.3) is 0 Å². The Morgan fingerprint density at radius 1 is 1.03 bits per heavy atom. The summed E-state index contributed by atoms with van der Waals surface area (Å²) in [4.78, 5) is 4.25. The van der Waals surface area contributed by atoms with Crippen molar-refractivity contribution in [2.75, 3.05) is 13.2 Å². The van der Waals surface area contributed by atoms with Crippen LogP contribution in [0.4, 0.5) is 0 Å². The highest BCUT2D eigenvalue weighted by Gasteiger charge is 2.33. The Balaban J connectivity index is 0.000000269. The monoisotopic (exact) mass is 469 g/mol. The largest absolute Gasteiger partial charge is 0.508 e. The van der Waals surface area contributed by atoms with Crippen molar-refractivity contribution in [3.63, 3.8) is 0 Å². The molecular weight excluding hydrogens is 445 g/mol. The summed E-state index contributed by atoms with van der Waals surface area (Å²) in [5.41, 5.74) is 1.96. The highest BCUT2D eigenvalue weighted by molar-refractivity contribution is 9.10.